The summed E-state index contributed by atoms with van der Waals surface area (Å²) in [5, 5.41) is 0. The summed E-state index contributed by atoms with van der Waals surface area (Å²) in [5.41, 5.74) is 3.91. The number of hydrogen-bond donors (Lipinski definition) is 0. The van der Waals surface area contributed by atoms with Gasteiger partial charge in [-0.1, -0.05) is 55.1 Å². The summed E-state index contributed by atoms with van der Waals surface area (Å²) in [7, 11) is 0. The molecule has 0 saturated heterocycles. The first-order chi connectivity index (χ1) is 9.75. The Morgan fingerprint density at radius 3 is 2.00 bits per heavy atom. The van der Waals surface area contributed by atoms with Gasteiger partial charge in [-0.3, -0.25) is 0 Å². The fraction of sp³-hybridized carbons (Fsp3) is 0.0556. The molecule has 0 atom stereocenters. The predicted molar refractivity (Wildman–Crippen MR) is 82.2 cm³/mol. The van der Waals surface area contributed by atoms with Crippen LogP contribution in [0.25, 0.3) is 5.70 Å². The lowest BCUT2D eigenvalue weighted by atomic mass is 10.1. The number of ether oxygens (including phenoxy) is 1. The van der Waals surface area contributed by atoms with Crippen molar-refractivity contribution in [1.29, 1.82) is 0 Å². The summed E-state index contributed by atoms with van der Waals surface area (Å²) >= 11 is 0. The largest absolute Gasteiger partial charge is 0.439 e. The molecule has 2 aromatic rings. The summed E-state index contributed by atoms with van der Waals surface area (Å²) in [5.74, 6) is 1.25. The Morgan fingerprint density at radius 1 is 0.850 bits per heavy atom. The van der Waals surface area contributed by atoms with Crippen molar-refractivity contribution < 1.29 is 4.74 Å². The second-order valence-corrected chi connectivity index (χ2v) is 4.65. The molecule has 3 rings (SSSR count). The highest BCUT2D eigenvalue weighted by atomic mass is 16.5. The first kappa shape index (κ1) is 12.4. The minimum Gasteiger partial charge on any atom is -0.439 e. The van der Waals surface area contributed by atoms with Gasteiger partial charge in [0.05, 0.1) is 5.70 Å². The highest BCUT2D eigenvalue weighted by molar-refractivity contribution is 6.00. The molecule has 0 aromatic heterocycles. The zero-order valence-electron chi connectivity index (χ0n) is 11.3. The minimum absolute atomic E-state index is 0.597. The summed E-state index contributed by atoms with van der Waals surface area (Å²) in [4.78, 5) is 4.67. The third-order valence-electron chi connectivity index (χ3n) is 3.27. The lowest BCUT2D eigenvalue weighted by Gasteiger charge is -2.20. The van der Waals surface area contributed by atoms with Crippen molar-refractivity contribution in [3.63, 3.8) is 0 Å². The molecular weight excluding hydrogens is 246 g/mol. The summed E-state index contributed by atoms with van der Waals surface area (Å²) in [6.45, 7) is 5.97. The van der Waals surface area contributed by atoms with Gasteiger partial charge in [0.25, 0.3) is 0 Å². The van der Waals surface area contributed by atoms with Gasteiger partial charge in [0.15, 0.2) is 0 Å². The van der Waals surface area contributed by atoms with Gasteiger partial charge in [-0.2, -0.15) is 0 Å². The third-order valence-corrected chi connectivity index (χ3v) is 3.27. The van der Waals surface area contributed by atoms with Crippen molar-refractivity contribution in [2.75, 3.05) is 0 Å². The average Bonchev–Trinajstić information content (AvgIpc) is 2.51. The molecule has 0 radical (unpaired) electrons. The second kappa shape index (κ2) is 5.17. The van der Waals surface area contributed by atoms with E-state index >= 15 is 0 Å². The van der Waals surface area contributed by atoms with Crippen LogP contribution in [0, 0.1) is 0 Å². The van der Waals surface area contributed by atoms with E-state index in [0.717, 1.165) is 22.4 Å². The van der Waals surface area contributed by atoms with Crippen molar-refractivity contribution in [1.82, 2.24) is 0 Å². The fourth-order valence-electron chi connectivity index (χ4n) is 2.11. The van der Waals surface area contributed by atoms with E-state index in [9.17, 15) is 0 Å². The second-order valence-electron chi connectivity index (χ2n) is 4.65. The first-order valence-electron chi connectivity index (χ1n) is 6.53. The number of aliphatic imine (C=N–C) groups is 1. The zero-order valence-corrected chi connectivity index (χ0v) is 11.3. The molecular formula is C18H15NO. The highest BCUT2D eigenvalue weighted by Gasteiger charge is 2.19. The number of rotatable bonds is 2. The van der Waals surface area contributed by atoms with Crippen molar-refractivity contribution in [3.8, 4) is 0 Å². The van der Waals surface area contributed by atoms with Crippen LogP contribution in [0.4, 0.5) is 0 Å². The molecule has 20 heavy (non-hydrogen) atoms. The van der Waals surface area contributed by atoms with E-state index in [1.165, 1.54) is 0 Å². The van der Waals surface area contributed by atoms with Crippen LogP contribution in [-0.4, -0.2) is 5.90 Å². The Bertz CT molecular complexity index is 697. The Morgan fingerprint density at radius 2 is 1.40 bits per heavy atom. The molecule has 0 saturated carbocycles. The lowest BCUT2D eigenvalue weighted by Crippen LogP contribution is -2.12. The van der Waals surface area contributed by atoms with Gasteiger partial charge in [-0.25, -0.2) is 4.99 Å². The Labute approximate surface area is 118 Å². The van der Waals surface area contributed by atoms with Crippen LogP contribution in [0.2, 0.25) is 0 Å². The summed E-state index contributed by atoms with van der Waals surface area (Å²) < 4.78 is 5.73. The molecule has 0 spiro atoms. The number of allylic oxidation sites excluding steroid dienone is 1. The third kappa shape index (κ3) is 2.28. The van der Waals surface area contributed by atoms with E-state index in [1.807, 2.05) is 67.6 Å². The summed E-state index contributed by atoms with van der Waals surface area (Å²) in [6, 6.07) is 20.0. The van der Waals surface area contributed by atoms with Crippen LogP contribution in [0.5, 0.6) is 0 Å². The molecule has 0 unspecified atom stereocenters. The normalized spacial score (nSPS) is 14.8. The van der Waals surface area contributed by atoms with E-state index in [-0.39, 0.29) is 0 Å². The summed E-state index contributed by atoms with van der Waals surface area (Å²) in [6.07, 6.45) is 0. The fourth-order valence-corrected chi connectivity index (χ4v) is 2.11. The first-order valence-corrected chi connectivity index (χ1v) is 6.53. The molecule has 2 aromatic carbocycles. The van der Waals surface area contributed by atoms with Gasteiger partial charge in [-0.05, 0) is 19.1 Å². The SMILES string of the molecule is C=C1OC(c2ccccc2)=NC(c2ccccc2)=C1C. The van der Waals surface area contributed by atoms with E-state index in [1.54, 1.807) is 0 Å². The van der Waals surface area contributed by atoms with Crippen LogP contribution >= 0.6 is 0 Å². The van der Waals surface area contributed by atoms with Crippen LogP contribution in [-0.2, 0) is 4.74 Å². The molecule has 0 amide bonds. The van der Waals surface area contributed by atoms with E-state index in [0.29, 0.717) is 11.7 Å². The molecule has 2 heteroatoms. The number of hydrogen-bond acceptors (Lipinski definition) is 2. The van der Waals surface area contributed by atoms with E-state index in [4.69, 9.17) is 4.74 Å². The van der Waals surface area contributed by atoms with Crippen molar-refractivity contribution >= 4 is 11.6 Å². The van der Waals surface area contributed by atoms with Gasteiger partial charge >= 0.3 is 0 Å². The molecule has 1 aliphatic heterocycles. The lowest BCUT2D eigenvalue weighted by molar-refractivity contribution is 0.425. The van der Waals surface area contributed by atoms with Crippen LogP contribution in [0.3, 0.4) is 0 Å². The number of nitrogens with zero attached hydrogens (tertiary/aromatic N) is 1. The molecule has 0 bridgehead atoms. The van der Waals surface area contributed by atoms with Crippen molar-refractivity contribution in [2.24, 2.45) is 4.99 Å². The van der Waals surface area contributed by atoms with Gasteiger partial charge in [0.2, 0.25) is 5.90 Å². The molecule has 98 valence electrons. The predicted octanol–water partition coefficient (Wildman–Crippen LogP) is 4.41. The van der Waals surface area contributed by atoms with Gasteiger partial charge in [0, 0.05) is 16.7 Å². The molecule has 1 heterocycles. The smallest absolute Gasteiger partial charge is 0.227 e. The molecule has 0 aliphatic carbocycles. The maximum atomic E-state index is 5.73. The van der Waals surface area contributed by atoms with Crippen LogP contribution in [0.15, 0.2) is 83.6 Å². The van der Waals surface area contributed by atoms with E-state index < -0.39 is 0 Å². The van der Waals surface area contributed by atoms with Crippen molar-refractivity contribution in [3.05, 3.63) is 89.7 Å². The maximum Gasteiger partial charge on any atom is 0.227 e. The molecule has 0 N–H and O–H groups in total. The molecule has 2 nitrogen and oxygen atoms in total. The van der Waals surface area contributed by atoms with Gasteiger partial charge < -0.3 is 4.74 Å². The van der Waals surface area contributed by atoms with Crippen LogP contribution < -0.4 is 0 Å². The monoisotopic (exact) mass is 261 g/mol. The molecule has 0 fully saturated rings. The quantitative estimate of drug-likeness (QED) is 0.784. The Balaban J connectivity index is 2.10. The average molecular weight is 261 g/mol. The van der Waals surface area contributed by atoms with Crippen molar-refractivity contribution in [2.45, 2.75) is 6.92 Å². The topological polar surface area (TPSA) is 21.6 Å². The van der Waals surface area contributed by atoms with Crippen LogP contribution in [0.1, 0.15) is 18.1 Å². The van der Waals surface area contributed by atoms with E-state index in [2.05, 4.69) is 11.6 Å². The Hall–Kier alpha value is -2.61. The van der Waals surface area contributed by atoms with Gasteiger partial charge in [0.1, 0.15) is 5.76 Å². The zero-order chi connectivity index (χ0) is 13.9. The standard InChI is InChI=1S/C18H15NO/c1-13-14(2)20-18(16-11-7-4-8-12-16)19-17(13)15-9-5-3-6-10-15/h3-12H,2H2,1H3. The van der Waals surface area contributed by atoms with Gasteiger partial charge in [-0.15, -0.1) is 0 Å². The maximum absolute atomic E-state index is 5.73. The minimum atomic E-state index is 0.597. The Kier molecular flexibility index (Phi) is 3.21. The molecule has 1 aliphatic rings. The highest BCUT2D eigenvalue weighted by Crippen LogP contribution is 2.30. The number of benzene rings is 2.